The number of esters is 1. The van der Waals surface area contributed by atoms with Gasteiger partial charge in [0.1, 0.15) is 0 Å². The standard InChI is InChI=1S/C22H23N4O5/c1-2-31-21(27)19-17(13-25-11-10-14-6-3-4-9-18(14)25)23-22(28)24-20(19)15-7-5-8-16(12-15)26(29)30/h3-9,12,20,29H,2,10-11,13H2,1H3,(H2,23,24,28)/q-1. The Hall–Kier alpha value is -3.56. The molecule has 2 aliphatic rings. The van der Waals surface area contributed by atoms with Gasteiger partial charge in [-0.2, -0.15) is 0 Å². The van der Waals surface area contributed by atoms with E-state index in [0.717, 1.165) is 18.7 Å². The molecule has 0 bridgehead atoms. The van der Waals surface area contributed by atoms with Gasteiger partial charge >= 0.3 is 12.0 Å². The van der Waals surface area contributed by atoms with Crippen molar-refractivity contribution in [1.82, 2.24) is 10.6 Å². The van der Waals surface area contributed by atoms with E-state index in [9.17, 15) is 20.0 Å². The van der Waals surface area contributed by atoms with Gasteiger partial charge in [0.15, 0.2) is 0 Å². The smallest absolute Gasteiger partial charge is 0.338 e. The van der Waals surface area contributed by atoms with E-state index in [1.165, 1.54) is 17.7 Å². The maximum Gasteiger partial charge on any atom is 0.338 e. The molecule has 2 aromatic carbocycles. The average molecular weight is 423 g/mol. The number of amides is 2. The van der Waals surface area contributed by atoms with Crippen LogP contribution in [0.1, 0.15) is 24.1 Å². The summed E-state index contributed by atoms with van der Waals surface area (Å²) in [7, 11) is 0. The first kappa shape index (κ1) is 20.7. The summed E-state index contributed by atoms with van der Waals surface area (Å²) in [5.41, 5.74) is 3.44. The highest BCUT2D eigenvalue weighted by Gasteiger charge is 2.35. The maximum absolute atomic E-state index is 12.9. The minimum absolute atomic E-state index is 0.0106. The van der Waals surface area contributed by atoms with Gasteiger partial charge < -0.3 is 30.7 Å². The zero-order valence-corrected chi connectivity index (χ0v) is 17.0. The third-order valence-corrected chi connectivity index (χ3v) is 5.41. The van der Waals surface area contributed by atoms with E-state index in [2.05, 4.69) is 21.6 Å². The van der Waals surface area contributed by atoms with Crippen molar-refractivity contribution in [2.75, 3.05) is 29.8 Å². The van der Waals surface area contributed by atoms with Crippen molar-refractivity contribution in [3.8, 4) is 0 Å². The topological polar surface area (TPSA) is 117 Å². The molecule has 2 aromatic rings. The van der Waals surface area contributed by atoms with Crippen LogP contribution in [0.15, 0.2) is 59.8 Å². The number of para-hydroxylation sites is 1. The van der Waals surface area contributed by atoms with Crippen molar-refractivity contribution in [3.05, 3.63) is 76.1 Å². The highest BCUT2D eigenvalue weighted by molar-refractivity contribution is 5.95. The molecule has 0 saturated carbocycles. The molecular weight excluding hydrogens is 400 g/mol. The van der Waals surface area contributed by atoms with Crippen LogP contribution in [0, 0.1) is 5.21 Å². The largest absolute Gasteiger partial charge is 0.733 e. The zero-order valence-electron chi connectivity index (χ0n) is 17.0. The van der Waals surface area contributed by atoms with Crippen LogP contribution in [-0.2, 0) is 16.0 Å². The fourth-order valence-corrected chi connectivity index (χ4v) is 4.03. The van der Waals surface area contributed by atoms with E-state index >= 15 is 0 Å². The molecule has 2 amide bonds. The highest BCUT2D eigenvalue weighted by atomic mass is 16.8. The number of benzene rings is 2. The van der Waals surface area contributed by atoms with Crippen LogP contribution in [0.25, 0.3) is 0 Å². The Bertz CT molecular complexity index is 1040. The van der Waals surface area contributed by atoms with E-state index in [0.29, 0.717) is 17.8 Å². The Balaban J connectivity index is 1.75. The molecule has 3 N–H and O–H groups in total. The lowest BCUT2D eigenvalue weighted by molar-refractivity contribution is -0.139. The predicted octanol–water partition coefficient (Wildman–Crippen LogP) is 2.61. The van der Waals surface area contributed by atoms with Gasteiger partial charge in [-0.1, -0.05) is 30.3 Å². The molecule has 0 fully saturated rings. The molecule has 0 aliphatic carbocycles. The normalized spacial score (nSPS) is 17.7. The second-order valence-corrected chi connectivity index (χ2v) is 7.31. The first-order valence-electron chi connectivity index (χ1n) is 10.0. The summed E-state index contributed by atoms with van der Waals surface area (Å²) in [6.45, 7) is 2.97. The van der Waals surface area contributed by atoms with Crippen molar-refractivity contribution in [1.29, 1.82) is 0 Å². The minimum Gasteiger partial charge on any atom is -0.733 e. The van der Waals surface area contributed by atoms with Gasteiger partial charge in [0, 0.05) is 12.2 Å². The fraction of sp³-hybridized carbons (Fsp3) is 0.273. The van der Waals surface area contributed by atoms with E-state index in [1.807, 2.05) is 18.2 Å². The molecule has 2 aliphatic heterocycles. The number of carbonyl (C=O) groups is 2. The van der Waals surface area contributed by atoms with Crippen molar-refractivity contribution in [2.24, 2.45) is 0 Å². The summed E-state index contributed by atoms with van der Waals surface area (Å²) < 4.78 is 5.28. The third kappa shape index (κ3) is 4.18. The molecule has 162 valence electrons. The Morgan fingerprint density at radius 1 is 1.29 bits per heavy atom. The Kier molecular flexibility index (Phi) is 5.79. The molecular formula is C22H23N4O5-. The van der Waals surface area contributed by atoms with Crippen molar-refractivity contribution in [2.45, 2.75) is 19.4 Å². The molecule has 4 rings (SSSR count). The lowest BCUT2D eigenvalue weighted by Gasteiger charge is -2.32. The molecule has 1 unspecified atom stereocenters. The molecule has 2 heterocycles. The average Bonchev–Trinajstić information content (AvgIpc) is 3.16. The number of rotatable bonds is 6. The van der Waals surface area contributed by atoms with Crippen LogP contribution in [0.5, 0.6) is 0 Å². The summed E-state index contributed by atoms with van der Waals surface area (Å²) in [6, 6.07) is 12.8. The second-order valence-electron chi connectivity index (χ2n) is 7.31. The minimum atomic E-state index is -0.833. The summed E-state index contributed by atoms with van der Waals surface area (Å²) in [6.07, 6.45) is 0.881. The quantitative estimate of drug-likeness (QED) is 0.483. The third-order valence-electron chi connectivity index (χ3n) is 5.41. The number of carbonyl (C=O) groups excluding carboxylic acids is 2. The predicted molar refractivity (Wildman–Crippen MR) is 115 cm³/mol. The van der Waals surface area contributed by atoms with Crippen LogP contribution in [0.3, 0.4) is 0 Å². The number of hydrogen-bond acceptors (Lipinski definition) is 7. The number of hydrogen-bond donors (Lipinski definition) is 3. The van der Waals surface area contributed by atoms with Crippen LogP contribution in [0.4, 0.5) is 16.2 Å². The number of nitrogens with one attached hydrogen (secondary N) is 2. The van der Waals surface area contributed by atoms with E-state index in [4.69, 9.17) is 4.74 Å². The van der Waals surface area contributed by atoms with Gasteiger partial charge in [-0.05, 0) is 42.7 Å². The van der Waals surface area contributed by atoms with Gasteiger partial charge in [-0.3, -0.25) is 5.21 Å². The van der Waals surface area contributed by atoms with Crippen LogP contribution in [0.2, 0.25) is 0 Å². The van der Waals surface area contributed by atoms with Crippen LogP contribution >= 0.6 is 0 Å². The lowest BCUT2D eigenvalue weighted by atomic mass is 9.94. The molecule has 9 heteroatoms. The molecule has 0 saturated heterocycles. The fourth-order valence-electron chi connectivity index (χ4n) is 4.03. The number of fused-ring (bicyclic) bond motifs is 1. The van der Waals surface area contributed by atoms with Gasteiger partial charge in [-0.25, -0.2) is 9.59 Å². The summed E-state index contributed by atoms with van der Waals surface area (Å²) in [5, 5.41) is 25.8. The number of ether oxygens (including phenoxy) is 1. The Labute approximate surface area is 179 Å². The van der Waals surface area contributed by atoms with Crippen LogP contribution < -0.4 is 20.8 Å². The number of nitrogens with zero attached hydrogens (tertiary/aromatic N) is 2. The SMILES string of the molecule is CCOC(=O)C1=C(CN2CCc3ccccc32)NC(=O)NC1c1cccc(N([O-])O)c1. The van der Waals surface area contributed by atoms with Crippen LogP contribution in [-0.4, -0.2) is 36.9 Å². The van der Waals surface area contributed by atoms with Gasteiger partial charge in [0.25, 0.3) is 0 Å². The summed E-state index contributed by atoms with van der Waals surface area (Å²) in [5.74, 6) is -0.559. The zero-order chi connectivity index (χ0) is 22.0. The number of urea groups is 1. The highest BCUT2D eigenvalue weighted by Crippen LogP contribution is 2.33. The molecule has 0 spiro atoms. The first-order valence-corrected chi connectivity index (χ1v) is 10.0. The Morgan fingerprint density at radius 2 is 2.10 bits per heavy atom. The van der Waals surface area contributed by atoms with Crippen molar-refractivity contribution >= 4 is 23.4 Å². The molecule has 9 nitrogen and oxygen atoms in total. The number of anilines is 2. The molecule has 1 atom stereocenters. The van der Waals surface area contributed by atoms with Gasteiger partial charge in [0.05, 0.1) is 36.2 Å². The monoisotopic (exact) mass is 423 g/mol. The maximum atomic E-state index is 12.9. The molecule has 0 aromatic heterocycles. The van der Waals surface area contributed by atoms with Gasteiger partial charge in [0.2, 0.25) is 0 Å². The van der Waals surface area contributed by atoms with E-state index in [1.54, 1.807) is 19.1 Å². The lowest BCUT2D eigenvalue weighted by Crippen LogP contribution is -2.48. The van der Waals surface area contributed by atoms with Crippen molar-refractivity contribution < 1.29 is 19.5 Å². The van der Waals surface area contributed by atoms with E-state index < -0.39 is 18.0 Å². The summed E-state index contributed by atoms with van der Waals surface area (Å²) in [4.78, 5) is 27.5. The molecule has 31 heavy (non-hydrogen) atoms. The van der Waals surface area contributed by atoms with Crippen molar-refractivity contribution in [3.63, 3.8) is 0 Å². The Morgan fingerprint density at radius 3 is 2.87 bits per heavy atom. The first-order chi connectivity index (χ1) is 15.0. The van der Waals surface area contributed by atoms with E-state index in [-0.39, 0.29) is 23.1 Å². The van der Waals surface area contributed by atoms with Gasteiger partial charge in [-0.15, -0.1) is 0 Å². The summed E-state index contributed by atoms with van der Waals surface area (Å²) >= 11 is 0. The second kappa shape index (κ2) is 8.66. The molecule has 0 radical (unpaired) electrons.